The molecule has 5 heteroatoms. The SMILES string of the molecule is [N-]=[N+]=NCC(O)COc1cccc2ccccc12. The van der Waals surface area contributed by atoms with Gasteiger partial charge in [-0.3, -0.25) is 0 Å². The molecule has 0 amide bonds. The molecule has 0 saturated carbocycles. The molecular weight excluding hydrogens is 230 g/mol. The van der Waals surface area contributed by atoms with Crippen molar-refractivity contribution in [3.8, 4) is 5.75 Å². The number of nitrogens with zero attached hydrogens (tertiary/aromatic N) is 3. The fourth-order valence-electron chi connectivity index (χ4n) is 1.69. The zero-order valence-corrected chi connectivity index (χ0v) is 9.73. The number of fused-ring (bicyclic) bond motifs is 1. The first kappa shape index (κ1) is 12.2. The minimum atomic E-state index is -0.792. The van der Waals surface area contributed by atoms with Gasteiger partial charge in [-0.15, -0.1) is 0 Å². The van der Waals surface area contributed by atoms with Crippen LogP contribution in [0.3, 0.4) is 0 Å². The van der Waals surface area contributed by atoms with Gasteiger partial charge in [0.25, 0.3) is 0 Å². The van der Waals surface area contributed by atoms with Crippen molar-refractivity contribution in [2.75, 3.05) is 13.2 Å². The lowest BCUT2D eigenvalue weighted by atomic mass is 10.1. The molecule has 1 unspecified atom stereocenters. The van der Waals surface area contributed by atoms with E-state index in [4.69, 9.17) is 10.3 Å². The Hall–Kier alpha value is -2.23. The maximum atomic E-state index is 9.52. The summed E-state index contributed by atoms with van der Waals surface area (Å²) in [6.07, 6.45) is -0.792. The van der Waals surface area contributed by atoms with Crippen LogP contribution in [-0.2, 0) is 0 Å². The topological polar surface area (TPSA) is 78.2 Å². The molecule has 18 heavy (non-hydrogen) atoms. The summed E-state index contributed by atoms with van der Waals surface area (Å²) in [5.41, 5.74) is 8.15. The van der Waals surface area contributed by atoms with Crippen LogP contribution in [-0.4, -0.2) is 24.4 Å². The summed E-state index contributed by atoms with van der Waals surface area (Å²) in [4.78, 5) is 2.59. The Bertz CT molecular complexity index is 574. The molecule has 0 aliphatic carbocycles. The third kappa shape index (κ3) is 2.91. The molecule has 5 nitrogen and oxygen atoms in total. The fourth-order valence-corrected chi connectivity index (χ4v) is 1.69. The van der Waals surface area contributed by atoms with E-state index in [0.717, 1.165) is 10.8 Å². The number of benzene rings is 2. The van der Waals surface area contributed by atoms with E-state index in [0.29, 0.717) is 5.75 Å². The summed E-state index contributed by atoms with van der Waals surface area (Å²) in [5.74, 6) is 0.716. The normalized spacial score (nSPS) is 11.8. The Kier molecular flexibility index (Phi) is 4.02. The molecule has 0 aliphatic heterocycles. The smallest absolute Gasteiger partial charge is 0.127 e. The third-order valence-corrected chi connectivity index (χ3v) is 2.54. The lowest BCUT2D eigenvalue weighted by Crippen LogP contribution is -2.20. The first-order chi connectivity index (χ1) is 8.81. The molecule has 0 aromatic heterocycles. The Balaban J connectivity index is 2.10. The maximum Gasteiger partial charge on any atom is 0.127 e. The van der Waals surface area contributed by atoms with Crippen LogP contribution < -0.4 is 4.74 Å². The highest BCUT2D eigenvalue weighted by Crippen LogP contribution is 2.25. The summed E-state index contributed by atoms with van der Waals surface area (Å²) < 4.78 is 5.54. The average Bonchev–Trinajstić information content (AvgIpc) is 2.42. The molecule has 1 atom stereocenters. The molecule has 92 valence electrons. The standard InChI is InChI=1S/C13H13N3O2/c14-16-15-8-11(17)9-18-13-7-3-5-10-4-1-2-6-12(10)13/h1-7,11,17H,8-9H2. The molecule has 0 saturated heterocycles. The van der Waals surface area contributed by atoms with E-state index in [1.807, 2.05) is 42.5 Å². The minimum absolute atomic E-state index is 0.0151. The Morgan fingerprint density at radius 3 is 2.83 bits per heavy atom. The second-order valence-corrected chi connectivity index (χ2v) is 3.86. The van der Waals surface area contributed by atoms with Crippen molar-refractivity contribution in [2.45, 2.75) is 6.10 Å². The van der Waals surface area contributed by atoms with Crippen molar-refractivity contribution in [3.05, 3.63) is 52.9 Å². The monoisotopic (exact) mass is 243 g/mol. The van der Waals surface area contributed by atoms with Crippen LogP contribution >= 0.6 is 0 Å². The van der Waals surface area contributed by atoms with Crippen molar-refractivity contribution < 1.29 is 9.84 Å². The highest BCUT2D eigenvalue weighted by molar-refractivity contribution is 5.88. The van der Waals surface area contributed by atoms with Gasteiger partial charge in [0.2, 0.25) is 0 Å². The predicted molar refractivity (Wildman–Crippen MR) is 69.5 cm³/mol. The highest BCUT2D eigenvalue weighted by atomic mass is 16.5. The zero-order valence-electron chi connectivity index (χ0n) is 9.73. The zero-order chi connectivity index (χ0) is 12.8. The van der Waals surface area contributed by atoms with Crippen LogP contribution in [0.1, 0.15) is 0 Å². The predicted octanol–water partition coefficient (Wildman–Crippen LogP) is 2.89. The van der Waals surface area contributed by atoms with Crippen LogP contribution in [0.5, 0.6) is 5.75 Å². The molecule has 0 spiro atoms. The Labute approximate surface area is 104 Å². The summed E-state index contributed by atoms with van der Waals surface area (Å²) in [5, 5.41) is 14.9. The number of hydrogen-bond acceptors (Lipinski definition) is 3. The van der Waals surface area contributed by atoms with Crippen molar-refractivity contribution in [1.29, 1.82) is 0 Å². The molecule has 0 bridgehead atoms. The summed E-state index contributed by atoms with van der Waals surface area (Å²) >= 11 is 0. The van der Waals surface area contributed by atoms with E-state index in [1.54, 1.807) is 0 Å². The van der Waals surface area contributed by atoms with Crippen LogP contribution in [0.15, 0.2) is 47.6 Å². The van der Waals surface area contributed by atoms with Gasteiger partial charge in [-0.1, -0.05) is 41.5 Å². The molecule has 2 aromatic carbocycles. The molecule has 0 fully saturated rings. The van der Waals surface area contributed by atoms with Gasteiger partial charge in [0, 0.05) is 10.3 Å². The first-order valence-corrected chi connectivity index (χ1v) is 5.61. The molecule has 1 N–H and O–H groups in total. The van der Waals surface area contributed by atoms with Gasteiger partial charge in [0.15, 0.2) is 0 Å². The molecule has 2 rings (SSSR count). The second-order valence-electron chi connectivity index (χ2n) is 3.86. The van der Waals surface area contributed by atoms with Gasteiger partial charge in [-0.2, -0.15) is 0 Å². The molecule has 0 heterocycles. The lowest BCUT2D eigenvalue weighted by Gasteiger charge is -2.12. The highest BCUT2D eigenvalue weighted by Gasteiger charge is 2.06. The number of hydrogen-bond donors (Lipinski definition) is 1. The maximum absolute atomic E-state index is 9.52. The molecular formula is C13H13N3O2. The quantitative estimate of drug-likeness (QED) is 0.498. The van der Waals surface area contributed by atoms with Crippen LogP contribution in [0, 0.1) is 0 Å². The lowest BCUT2D eigenvalue weighted by molar-refractivity contribution is 0.115. The Morgan fingerprint density at radius 2 is 2.00 bits per heavy atom. The van der Waals surface area contributed by atoms with E-state index in [1.165, 1.54) is 0 Å². The van der Waals surface area contributed by atoms with Gasteiger partial charge < -0.3 is 9.84 Å². The van der Waals surface area contributed by atoms with E-state index in [-0.39, 0.29) is 13.2 Å². The summed E-state index contributed by atoms with van der Waals surface area (Å²) in [7, 11) is 0. The summed E-state index contributed by atoms with van der Waals surface area (Å²) in [6, 6.07) is 13.6. The number of aliphatic hydroxyl groups is 1. The number of ether oxygens (including phenoxy) is 1. The van der Waals surface area contributed by atoms with Crippen LogP contribution in [0.4, 0.5) is 0 Å². The largest absolute Gasteiger partial charge is 0.490 e. The molecule has 0 radical (unpaired) electrons. The van der Waals surface area contributed by atoms with Crippen molar-refractivity contribution in [2.24, 2.45) is 5.11 Å². The fraction of sp³-hybridized carbons (Fsp3) is 0.231. The van der Waals surface area contributed by atoms with Crippen molar-refractivity contribution in [3.63, 3.8) is 0 Å². The van der Waals surface area contributed by atoms with Crippen molar-refractivity contribution in [1.82, 2.24) is 0 Å². The van der Waals surface area contributed by atoms with Gasteiger partial charge in [-0.05, 0) is 17.0 Å². The van der Waals surface area contributed by atoms with Crippen molar-refractivity contribution >= 4 is 10.8 Å². The van der Waals surface area contributed by atoms with Gasteiger partial charge in [0.1, 0.15) is 12.4 Å². The molecule has 0 aliphatic rings. The van der Waals surface area contributed by atoms with Crippen LogP contribution in [0.25, 0.3) is 21.2 Å². The van der Waals surface area contributed by atoms with E-state index < -0.39 is 6.10 Å². The number of rotatable bonds is 5. The molecule has 2 aromatic rings. The van der Waals surface area contributed by atoms with Gasteiger partial charge >= 0.3 is 0 Å². The minimum Gasteiger partial charge on any atom is -0.490 e. The second kappa shape index (κ2) is 5.91. The average molecular weight is 243 g/mol. The third-order valence-electron chi connectivity index (χ3n) is 2.54. The van der Waals surface area contributed by atoms with Crippen LogP contribution in [0.2, 0.25) is 0 Å². The number of aliphatic hydroxyl groups excluding tert-OH is 1. The van der Waals surface area contributed by atoms with Gasteiger partial charge in [0.05, 0.1) is 12.6 Å². The van der Waals surface area contributed by atoms with E-state index in [2.05, 4.69) is 10.0 Å². The van der Waals surface area contributed by atoms with E-state index >= 15 is 0 Å². The van der Waals surface area contributed by atoms with E-state index in [9.17, 15) is 5.11 Å². The summed E-state index contributed by atoms with van der Waals surface area (Å²) in [6.45, 7) is 0.119. The Morgan fingerprint density at radius 1 is 1.22 bits per heavy atom. The number of azide groups is 1. The van der Waals surface area contributed by atoms with Gasteiger partial charge in [-0.25, -0.2) is 0 Å². The first-order valence-electron chi connectivity index (χ1n) is 5.61.